The monoisotopic (exact) mass is 217 g/mol. The molecule has 0 radical (unpaired) electrons. The van der Waals surface area contributed by atoms with Gasteiger partial charge in [0, 0.05) is 7.11 Å². The number of hydrogen-bond acceptors (Lipinski definition) is 4. The van der Waals surface area contributed by atoms with E-state index in [-0.39, 0.29) is 12.2 Å². The minimum absolute atomic E-state index is 0.0234. The fourth-order valence-electron chi connectivity index (χ4n) is 1.78. The molecule has 5 heteroatoms. The lowest BCUT2D eigenvalue weighted by Crippen LogP contribution is -2.30. The third-order valence-electron chi connectivity index (χ3n) is 2.55. The van der Waals surface area contributed by atoms with Gasteiger partial charge in [0.25, 0.3) is 0 Å². The summed E-state index contributed by atoms with van der Waals surface area (Å²) in [5.41, 5.74) is 4.95. The molecule has 0 saturated heterocycles. The lowest BCUT2D eigenvalue weighted by Gasteiger charge is -2.27. The third-order valence-corrected chi connectivity index (χ3v) is 2.55. The highest BCUT2D eigenvalue weighted by atomic mass is 16.6. The SMILES string of the molecule is COCCOC1CCC(OC(N)=O)CC1. The minimum Gasteiger partial charge on any atom is -0.446 e. The van der Waals surface area contributed by atoms with Crippen molar-refractivity contribution in [3.8, 4) is 0 Å². The van der Waals surface area contributed by atoms with Crippen molar-refractivity contribution < 1.29 is 19.0 Å². The van der Waals surface area contributed by atoms with Crippen molar-refractivity contribution in [2.45, 2.75) is 37.9 Å². The summed E-state index contributed by atoms with van der Waals surface area (Å²) >= 11 is 0. The zero-order valence-corrected chi connectivity index (χ0v) is 9.11. The first-order valence-corrected chi connectivity index (χ1v) is 5.29. The standard InChI is InChI=1S/C10H19NO4/c1-13-6-7-14-8-2-4-9(5-3-8)15-10(11)12/h8-9H,2-7H2,1H3,(H2,11,12). The van der Waals surface area contributed by atoms with Crippen LogP contribution in [0.1, 0.15) is 25.7 Å². The number of carbonyl (C=O) groups is 1. The average molecular weight is 217 g/mol. The van der Waals surface area contributed by atoms with Gasteiger partial charge in [0.15, 0.2) is 0 Å². The molecular formula is C10H19NO4. The number of methoxy groups -OCH3 is 1. The Morgan fingerprint density at radius 3 is 2.33 bits per heavy atom. The zero-order valence-electron chi connectivity index (χ0n) is 9.11. The molecule has 0 spiro atoms. The summed E-state index contributed by atoms with van der Waals surface area (Å²) in [6.45, 7) is 1.25. The van der Waals surface area contributed by atoms with E-state index in [4.69, 9.17) is 19.9 Å². The molecule has 0 aromatic rings. The molecule has 88 valence electrons. The van der Waals surface area contributed by atoms with Gasteiger partial charge in [-0.05, 0) is 25.7 Å². The molecule has 1 fully saturated rings. The summed E-state index contributed by atoms with van der Waals surface area (Å²) in [6.07, 6.45) is 3.07. The second-order valence-electron chi connectivity index (χ2n) is 3.70. The number of ether oxygens (including phenoxy) is 3. The van der Waals surface area contributed by atoms with Crippen LogP contribution in [0.2, 0.25) is 0 Å². The van der Waals surface area contributed by atoms with Crippen molar-refractivity contribution in [1.82, 2.24) is 0 Å². The van der Waals surface area contributed by atoms with Gasteiger partial charge in [-0.15, -0.1) is 0 Å². The lowest BCUT2D eigenvalue weighted by molar-refractivity contribution is -0.0242. The van der Waals surface area contributed by atoms with E-state index in [9.17, 15) is 4.79 Å². The summed E-state index contributed by atoms with van der Waals surface area (Å²) in [7, 11) is 1.65. The first-order valence-electron chi connectivity index (χ1n) is 5.29. The van der Waals surface area contributed by atoms with Crippen LogP contribution in [0.15, 0.2) is 0 Å². The van der Waals surface area contributed by atoms with Crippen molar-refractivity contribution in [3.63, 3.8) is 0 Å². The van der Waals surface area contributed by atoms with Crippen molar-refractivity contribution in [3.05, 3.63) is 0 Å². The maximum atomic E-state index is 10.5. The predicted molar refractivity (Wildman–Crippen MR) is 54.5 cm³/mol. The van der Waals surface area contributed by atoms with Gasteiger partial charge < -0.3 is 19.9 Å². The van der Waals surface area contributed by atoms with E-state index in [2.05, 4.69) is 0 Å². The van der Waals surface area contributed by atoms with Gasteiger partial charge in [-0.2, -0.15) is 0 Å². The molecule has 0 aliphatic heterocycles. The first-order chi connectivity index (χ1) is 7.22. The number of hydrogen-bond donors (Lipinski definition) is 1. The third kappa shape index (κ3) is 4.99. The van der Waals surface area contributed by atoms with Crippen LogP contribution in [0.25, 0.3) is 0 Å². The lowest BCUT2D eigenvalue weighted by atomic mass is 9.95. The molecule has 15 heavy (non-hydrogen) atoms. The Balaban J connectivity index is 2.10. The van der Waals surface area contributed by atoms with E-state index < -0.39 is 6.09 Å². The van der Waals surface area contributed by atoms with E-state index in [1.807, 2.05) is 0 Å². The van der Waals surface area contributed by atoms with Crippen molar-refractivity contribution >= 4 is 6.09 Å². The number of primary amides is 1. The molecule has 1 aliphatic carbocycles. The molecule has 1 saturated carbocycles. The van der Waals surface area contributed by atoms with Crippen molar-refractivity contribution in [1.29, 1.82) is 0 Å². The highest BCUT2D eigenvalue weighted by molar-refractivity contribution is 5.64. The van der Waals surface area contributed by atoms with E-state index in [1.54, 1.807) is 7.11 Å². The van der Waals surface area contributed by atoms with E-state index in [0.717, 1.165) is 25.7 Å². The molecular weight excluding hydrogens is 198 g/mol. The van der Waals surface area contributed by atoms with Crippen LogP contribution in [-0.4, -0.2) is 38.6 Å². The molecule has 0 unspecified atom stereocenters. The van der Waals surface area contributed by atoms with Crippen LogP contribution in [-0.2, 0) is 14.2 Å². The largest absolute Gasteiger partial charge is 0.446 e. The number of rotatable bonds is 5. The van der Waals surface area contributed by atoms with Crippen LogP contribution in [0.3, 0.4) is 0 Å². The predicted octanol–water partition coefficient (Wildman–Crippen LogP) is 1.06. The van der Waals surface area contributed by atoms with Crippen LogP contribution >= 0.6 is 0 Å². The zero-order chi connectivity index (χ0) is 11.1. The summed E-state index contributed by atoms with van der Waals surface area (Å²) in [6, 6.07) is 0. The normalized spacial score (nSPS) is 26.2. The number of amides is 1. The van der Waals surface area contributed by atoms with Gasteiger partial charge in [-0.1, -0.05) is 0 Å². The van der Waals surface area contributed by atoms with Gasteiger partial charge in [-0.25, -0.2) is 4.79 Å². The Bertz CT molecular complexity index is 190. The van der Waals surface area contributed by atoms with Crippen molar-refractivity contribution in [2.24, 2.45) is 5.73 Å². The second kappa shape index (κ2) is 6.63. The van der Waals surface area contributed by atoms with Gasteiger partial charge >= 0.3 is 6.09 Å². The fraction of sp³-hybridized carbons (Fsp3) is 0.900. The van der Waals surface area contributed by atoms with Gasteiger partial charge in [0.2, 0.25) is 0 Å². The molecule has 0 atom stereocenters. The maximum Gasteiger partial charge on any atom is 0.404 e. The fourth-order valence-corrected chi connectivity index (χ4v) is 1.78. The summed E-state index contributed by atoms with van der Waals surface area (Å²) < 4.78 is 15.4. The summed E-state index contributed by atoms with van der Waals surface area (Å²) in [5, 5.41) is 0. The Kier molecular flexibility index (Phi) is 5.42. The molecule has 2 N–H and O–H groups in total. The highest BCUT2D eigenvalue weighted by Gasteiger charge is 2.23. The van der Waals surface area contributed by atoms with Gasteiger partial charge in [0.05, 0.1) is 19.3 Å². The molecule has 0 aromatic heterocycles. The molecule has 1 rings (SSSR count). The Hall–Kier alpha value is -0.810. The first kappa shape index (κ1) is 12.3. The van der Waals surface area contributed by atoms with Crippen LogP contribution in [0.5, 0.6) is 0 Å². The Morgan fingerprint density at radius 1 is 1.20 bits per heavy atom. The Morgan fingerprint density at radius 2 is 1.80 bits per heavy atom. The molecule has 0 bridgehead atoms. The summed E-state index contributed by atoms with van der Waals surface area (Å²) in [4.78, 5) is 10.5. The number of carbonyl (C=O) groups excluding carboxylic acids is 1. The van der Waals surface area contributed by atoms with Crippen LogP contribution in [0.4, 0.5) is 4.79 Å². The minimum atomic E-state index is -0.682. The quantitative estimate of drug-likeness (QED) is 0.699. The Labute approximate surface area is 89.9 Å². The molecule has 1 aliphatic rings. The van der Waals surface area contributed by atoms with Crippen LogP contribution in [0, 0.1) is 0 Å². The van der Waals surface area contributed by atoms with Crippen LogP contribution < -0.4 is 5.73 Å². The molecule has 0 aromatic carbocycles. The topological polar surface area (TPSA) is 70.8 Å². The van der Waals surface area contributed by atoms with Gasteiger partial charge in [-0.3, -0.25) is 0 Å². The number of nitrogens with two attached hydrogens (primary N) is 1. The molecule has 1 amide bonds. The van der Waals surface area contributed by atoms with E-state index >= 15 is 0 Å². The second-order valence-corrected chi connectivity index (χ2v) is 3.70. The van der Waals surface area contributed by atoms with Crippen molar-refractivity contribution in [2.75, 3.05) is 20.3 Å². The smallest absolute Gasteiger partial charge is 0.404 e. The summed E-state index contributed by atoms with van der Waals surface area (Å²) in [5.74, 6) is 0. The molecule has 5 nitrogen and oxygen atoms in total. The van der Waals surface area contributed by atoms with E-state index in [0.29, 0.717) is 13.2 Å². The highest BCUT2D eigenvalue weighted by Crippen LogP contribution is 2.23. The maximum absolute atomic E-state index is 10.5. The van der Waals surface area contributed by atoms with Gasteiger partial charge in [0.1, 0.15) is 6.10 Å². The van der Waals surface area contributed by atoms with E-state index in [1.165, 1.54) is 0 Å². The molecule has 0 heterocycles. The average Bonchev–Trinajstić information content (AvgIpc) is 2.20.